The molecule has 0 aliphatic carbocycles. The quantitative estimate of drug-likeness (QED) is 0.708. The van der Waals surface area contributed by atoms with E-state index in [0.29, 0.717) is 23.5 Å². The Bertz CT molecular complexity index is 1060. The molecule has 3 aromatic rings. The molecule has 29 heavy (non-hydrogen) atoms. The zero-order valence-electron chi connectivity index (χ0n) is 16.7. The van der Waals surface area contributed by atoms with Gasteiger partial charge in [-0.15, -0.1) is 0 Å². The predicted octanol–water partition coefficient (Wildman–Crippen LogP) is 3.69. The summed E-state index contributed by atoms with van der Waals surface area (Å²) < 4.78 is 7.34. The Balaban J connectivity index is 1.61. The predicted molar refractivity (Wildman–Crippen MR) is 112 cm³/mol. The highest BCUT2D eigenvalue weighted by Gasteiger charge is 2.37. The van der Waals surface area contributed by atoms with Gasteiger partial charge in [0.25, 0.3) is 0 Å². The van der Waals surface area contributed by atoms with Crippen LogP contribution in [0.25, 0.3) is 11.0 Å². The van der Waals surface area contributed by atoms with Crippen molar-refractivity contribution in [1.29, 1.82) is 0 Å². The Labute approximate surface area is 175 Å². The summed E-state index contributed by atoms with van der Waals surface area (Å²) in [6, 6.07) is 6.11. The summed E-state index contributed by atoms with van der Waals surface area (Å²) in [5, 5.41) is 13.1. The summed E-state index contributed by atoms with van der Waals surface area (Å²) in [7, 11) is 1.58. The molecule has 2 atom stereocenters. The highest BCUT2D eigenvalue weighted by Crippen LogP contribution is 2.43. The van der Waals surface area contributed by atoms with Gasteiger partial charge in [0.2, 0.25) is 5.88 Å². The topological polar surface area (TPSA) is 63.4 Å². The molecule has 5 rings (SSSR count). The van der Waals surface area contributed by atoms with Crippen LogP contribution in [0.5, 0.6) is 5.88 Å². The maximum absolute atomic E-state index is 11.4. The first kappa shape index (κ1) is 18.9. The van der Waals surface area contributed by atoms with E-state index in [0.717, 1.165) is 42.5 Å². The van der Waals surface area contributed by atoms with Gasteiger partial charge in [0, 0.05) is 54.1 Å². The van der Waals surface area contributed by atoms with E-state index >= 15 is 0 Å². The van der Waals surface area contributed by atoms with E-state index in [9.17, 15) is 5.11 Å². The molecular formula is C22H25ClN4O2. The first-order valence-electron chi connectivity index (χ1n) is 10.1. The van der Waals surface area contributed by atoms with Gasteiger partial charge in [-0.3, -0.25) is 4.90 Å². The van der Waals surface area contributed by atoms with Crippen molar-refractivity contribution >= 4 is 22.6 Å². The minimum atomic E-state index is -1.09. The van der Waals surface area contributed by atoms with E-state index in [1.165, 1.54) is 17.7 Å². The zero-order valence-corrected chi connectivity index (χ0v) is 17.5. The number of halogens is 1. The van der Waals surface area contributed by atoms with Crippen molar-refractivity contribution in [3.8, 4) is 5.88 Å². The van der Waals surface area contributed by atoms with E-state index < -0.39 is 5.60 Å². The van der Waals surface area contributed by atoms with Gasteiger partial charge < -0.3 is 14.4 Å². The Morgan fingerprint density at radius 3 is 2.90 bits per heavy atom. The van der Waals surface area contributed by atoms with Gasteiger partial charge in [0.05, 0.1) is 18.7 Å². The van der Waals surface area contributed by atoms with Crippen molar-refractivity contribution in [3.05, 3.63) is 52.4 Å². The van der Waals surface area contributed by atoms with Crippen LogP contribution in [0, 0.1) is 0 Å². The number of nitrogens with zero attached hydrogens (tertiary/aromatic N) is 4. The SMILES string of the molecule is COc1ccc(C(C)(O)Cn2c3c(c4cc(Cl)cnc42)C2CCCN2CC3)cn1. The number of hydrogen-bond acceptors (Lipinski definition) is 5. The second-order valence-electron chi connectivity index (χ2n) is 8.28. The van der Waals surface area contributed by atoms with Crippen molar-refractivity contribution in [2.75, 3.05) is 20.2 Å². The van der Waals surface area contributed by atoms with Gasteiger partial charge in [0.15, 0.2) is 0 Å². The normalized spacial score (nSPS) is 21.0. The second kappa shape index (κ2) is 6.97. The van der Waals surface area contributed by atoms with E-state index in [1.807, 2.05) is 19.1 Å². The van der Waals surface area contributed by atoms with Crippen LogP contribution in [0.1, 0.15) is 42.6 Å². The number of aromatic nitrogens is 3. The van der Waals surface area contributed by atoms with Crippen LogP contribution in [0.3, 0.4) is 0 Å². The molecule has 0 bridgehead atoms. The lowest BCUT2D eigenvalue weighted by Crippen LogP contribution is -2.33. The summed E-state index contributed by atoms with van der Waals surface area (Å²) in [6.45, 7) is 4.44. The minimum absolute atomic E-state index is 0.411. The van der Waals surface area contributed by atoms with Crippen LogP contribution in [0.2, 0.25) is 5.02 Å². The second-order valence-corrected chi connectivity index (χ2v) is 8.71. The van der Waals surface area contributed by atoms with Crippen LogP contribution in [0.15, 0.2) is 30.6 Å². The molecule has 0 aromatic carbocycles. The average Bonchev–Trinajstić information content (AvgIpc) is 3.30. The highest BCUT2D eigenvalue weighted by atomic mass is 35.5. The van der Waals surface area contributed by atoms with Crippen LogP contribution in [0.4, 0.5) is 0 Å². The van der Waals surface area contributed by atoms with Crippen LogP contribution in [-0.2, 0) is 18.6 Å². The first-order chi connectivity index (χ1) is 14.0. The number of ether oxygens (including phenoxy) is 1. The summed E-state index contributed by atoms with van der Waals surface area (Å²) in [5.74, 6) is 0.533. The molecule has 152 valence electrons. The molecule has 1 fully saturated rings. The molecule has 1 N–H and O–H groups in total. The molecule has 1 saturated heterocycles. The molecule has 5 heterocycles. The van der Waals surface area contributed by atoms with Gasteiger partial charge in [-0.05, 0) is 44.0 Å². The maximum Gasteiger partial charge on any atom is 0.212 e. The van der Waals surface area contributed by atoms with Crippen LogP contribution in [-0.4, -0.2) is 44.7 Å². The number of rotatable bonds is 4. The fourth-order valence-corrected chi connectivity index (χ4v) is 5.13. The number of aliphatic hydroxyl groups is 1. The van der Waals surface area contributed by atoms with E-state index in [1.54, 1.807) is 25.6 Å². The lowest BCUT2D eigenvalue weighted by atomic mass is 9.95. The summed E-state index contributed by atoms with van der Waals surface area (Å²) >= 11 is 6.32. The molecule has 0 spiro atoms. The van der Waals surface area contributed by atoms with Crippen LogP contribution < -0.4 is 4.74 Å². The van der Waals surface area contributed by atoms with Gasteiger partial charge in [-0.2, -0.15) is 0 Å². The summed E-state index contributed by atoms with van der Waals surface area (Å²) in [5.41, 5.74) is 3.19. The molecule has 7 heteroatoms. The molecule has 6 nitrogen and oxygen atoms in total. The van der Waals surface area contributed by atoms with Crippen molar-refractivity contribution in [2.24, 2.45) is 0 Å². The Kier molecular flexibility index (Phi) is 4.53. The number of hydrogen-bond donors (Lipinski definition) is 1. The van der Waals surface area contributed by atoms with Crippen LogP contribution >= 0.6 is 11.6 Å². The third-order valence-electron chi connectivity index (χ3n) is 6.38. The van der Waals surface area contributed by atoms with Crippen molar-refractivity contribution < 1.29 is 9.84 Å². The Morgan fingerprint density at radius 1 is 1.28 bits per heavy atom. The van der Waals surface area contributed by atoms with Gasteiger partial charge in [0.1, 0.15) is 11.2 Å². The summed E-state index contributed by atoms with van der Waals surface area (Å²) in [6.07, 6.45) is 6.72. The molecular weight excluding hydrogens is 388 g/mol. The molecule has 2 aliphatic rings. The summed E-state index contributed by atoms with van der Waals surface area (Å²) in [4.78, 5) is 11.5. The fraction of sp³-hybridized carbons (Fsp3) is 0.455. The number of pyridine rings is 2. The third kappa shape index (κ3) is 3.10. The first-order valence-corrected chi connectivity index (χ1v) is 10.5. The van der Waals surface area contributed by atoms with Gasteiger partial charge in [-0.25, -0.2) is 9.97 Å². The van der Waals surface area contributed by atoms with Crippen molar-refractivity contribution in [2.45, 2.75) is 44.4 Å². The lowest BCUT2D eigenvalue weighted by Gasteiger charge is -2.32. The fourth-order valence-electron chi connectivity index (χ4n) is 4.97. The minimum Gasteiger partial charge on any atom is -0.481 e. The highest BCUT2D eigenvalue weighted by molar-refractivity contribution is 6.31. The molecule has 2 aliphatic heterocycles. The Hall–Kier alpha value is -2.15. The van der Waals surface area contributed by atoms with Crippen molar-refractivity contribution in [1.82, 2.24) is 19.4 Å². The molecule has 0 amide bonds. The zero-order chi connectivity index (χ0) is 20.2. The largest absolute Gasteiger partial charge is 0.481 e. The number of fused-ring (bicyclic) bond motifs is 5. The van der Waals surface area contributed by atoms with E-state index in [-0.39, 0.29) is 0 Å². The monoisotopic (exact) mass is 412 g/mol. The van der Waals surface area contributed by atoms with Gasteiger partial charge >= 0.3 is 0 Å². The maximum atomic E-state index is 11.4. The Morgan fingerprint density at radius 2 is 2.14 bits per heavy atom. The smallest absolute Gasteiger partial charge is 0.212 e. The molecule has 3 aromatic heterocycles. The lowest BCUT2D eigenvalue weighted by molar-refractivity contribution is 0.0378. The van der Waals surface area contributed by atoms with Gasteiger partial charge in [-0.1, -0.05) is 11.6 Å². The average molecular weight is 413 g/mol. The molecule has 0 radical (unpaired) electrons. The van der Waals surface area contributed by atoms with E-state index in [4.69, 9.17) is 16.3 Å². The third-order valence-corrected chi connectivity index (χ3v) is 6.59. The number of methoxy groups -OCH3 is 1. The standard InChI is InChI=1S/C22H25ClN4O2/c1-22(28,14-5-6-19(29-2)24-11-14)13-27-18-7-9-26-8-3-4-17(26)20(18)16-10-15(23)12-25-21(16)27/h5-6,10-12,17,28H,3-4,7-9,13H2,1-2H3. The van der Waals surface area contributed by atoms with E-state index in [2.05, 4.69) is 19.4 Å². The molecule has 0 saturated carbocycles. The van der Waals surface area contributed by atoms with Crippen molar-refractivity contribution in [3.63, 3.8) is 0 Å². The molecule has 2 unspecified atom stereocenters.